The van der Waals surface area contributed by atoms with E-state index in [1.165, 1.54) is 0 Å². The van der Waals surface area contributed by atoms with E-state index in [0.29, 0.717) is 6.42 Å². The van der Waals surface area contributed by atoms with Crippen molar-refractivity contribution in [2.24, 2.45) is 11.5 Å². The molecule has 0 aromatic carbocycles. The minimum Gasteiger partial charge on any atom is -0.479 e. The monoisotopic (exact) mass is 232 g/mol. The van der Waals surface area contributed by atoms with Crippen LogP contribution < -0.4 is 11.5 Å². The first-order chi connectivity index (χ1) is 7.13. The molecule has 0 saturated carbocycles. The molecule has 0 aromatic heterocycles. The van der Waals surface area contributed by atoms with Crippen molar-refractivity contribution in [1.82, 2.24) is 0 Å². The second-order valence-corrected chi connectivity index (χ2v) is 4.67. The standard InChI is InChI=1S/C10H20N2O4/c1-9(2,3)16-8(15)10(12,7(13)14)5-4-6-11/h4-6,11-12H2,1-3H3,(H,13,14). The summed E-state index contributed by atoms with van der Waals surface area (Å²) in [4.78, 5) is 22.6. The minimum absolute atomic E-state index is 0.0340. The van der Waals surface area contributed by atoms with Crippen LogP contribution in [0.3, 0.4) is 0 Å². The lowest BCUT2D eigenvalue weighted by Crippen LogP contribution is -2.57. The van der Waals surface area contributed by atoms with E-state index in [9.17, 15) is 9.59 Å². The van der Waals surface area contributed by atoms with Gasteiger partial charge in [0, 0.05) is 0 Å². The highest BCUT2D eigenvalue weighted by Crippen LogP contribution is 2.17. The van der Waals surface area contributed by atoms with E-state index in [1.807, 2.05) is 0 Å². The second kappa shape index (κ2) is 5.27. The quantitative estimate of drug-likeness (QED) is 0.448. The highest BCUT2D eigenvalue weighted by molar-refractivity contribution is 6.03. The summed E-state index contributed by atoms with van der Waals surface area (Å²) in [5.74, 6) is -2.32. The molecule has 0 amide bonds. The molecule has 0 saturated heterocycles. The topological polar surface area (TPSA) is 116 Å². The minimum atomic E-state index is -2.01. The molecule has 6 nitrogen and oxygen atoms in total. The molecule has 0 fully saturated rings. The number of rotatable bonds is 5. The molecule has 0 aliphatic rings. The van der Waals surface area contributed by atoms with Crippen molar-refractivity contribution in [3.05, 3.63) is 0 Å². The van der Waals surface area contributed by atoms with E-state index in [2.05, 4.69) is 0 Å². The largest absolute Gasteiger partial charge is 0.479 e. The number of carbonyl (C=O) groups excluding carboxylic acids is 1. The first-order valence-corrected chi connectivity index (χ1v) is 5.09. The first-order valence-electron chi connectivity index (χ1n) is 5.09. The van der Waals surface area contributed by atoms with Crippen molar-refractivity contribution in [2.45, 2.75) is 44.8 Å². The lowest BCUT2D eigenvalue weighted by atomic mass is 9.94. The molecule has 0 aromatic rings. The molecule has 0 heterocycles. The molecule has 0 bridgehead atoms. The van der Waals surface area contributed by atoms with Crippen LogP contribution in [-0.2, 0) is 14.3 Å². The van der Waals surface area contributed by atoms with Crippen LogP contribution in [0.4, 0.5) is 0 Å². The van der Waals surface area contributed by atoms with Gasteiger partial charge in [0.05, 0.1) is 0 Å². The summed E-state index contributed by atoms with van der Waals surface area (Å²) in [5.41, 5.74) is 8.04. The Balaban J connectivity index is 4.77. The molecule has 0 aliphatic carbocycles. The van der Waals surface area contributed by atoms with E-state index < -0.39 is 23.1 Å². The highest BCUT2D eigenvalue weighted by Gasteiger charge is 2.44. The molecule has 1 unspecified atom stereocenters. The molecule has 0 spiro atoms. The Morgan fingerprint density at radius 1 is 1.31 bits per heavy atom. The van der Waals surface area contributed by atoms with Gasteiger partial charge in [0.1, 0.15) is 5.60 Å². The number of nitrogens with two attached hydrogens (primary N) is 2. The molecule has 1 atom stereocenters. The van der Waals surface area contributed by atoms with Crippen LogP contribution in [0.25, 0.3) is 0 Å². The van der Waals surface area contributed by atoms with Crippen molar-refractivity contribution in [2.75, 3.05) is 6.54 Å². The van der Waals surface area contributed by atoms with Crippen molar-refractivity contribution in [3.63, 3.8) is 0 Å². The van der Waals surface area contributed by atoms with Gasteiger partial charge in [0.15, 0.2) is 0 Å². The van der Waals surface area contributed by atoms with Gasteiger partial charge in [-0.05, 0) is 40.2 Å². The van der Waals surface area contributed by atoms with Crippen molar-refractivity contribution in [3.8, 4) is 0 Å². The van der Waals surface area contributed by atoms with Crippen molar-refractivity contribution in [1.29, 1.82) is 0 Å². The molecular weight excluding hydrogens is 212 g/mol. The second-order valence-electron chi connectivity index (χ2n) is 4.67. The van der Waals surface area contributed by atoms with Gasteiger partial charge in [-0.15, -0.1) is 0 Å². The number of esters is 1. The number of carboxylic acid groups (broad SMARTS) is 1. The van der Waals surface area contributed by atoms with Gasteiger partial charge in [-0.1, -0.05) is 0 Å². The van der Waals surface area contributed by atoms with Gasteiger partial charge in [-0.3, -0.25) is 0 Å². The third-order valence-electron chi connectivity index (χ3n) is 1.92. The Kier molecular flexibility index (Phi) is 4.89. The summed E-state index contributed by atoms with van der Waals surface area (Å²) >= 11 is 0. The number of hydrogen-bond donors (Lipinski definition) is 3. The normalized spacial score (nSPS) is 15.3. The van der Waals surface area contributed by atoms with E-state index >= 15 is 0 Å². The third kappa shape index (κ3) is 4.16. The Bertz CT molecular complexity index is 272. The first kappa shape index (κ1) is 14.9. The fourth-order valence-electron chi connectivity index (χ4n) is 1.05. The summed E-state index contributed by atoms with van der Waals surface area (Å²) in [6, 6.07) is 0. The average Bonchev–Trinajstić information content (AvgIpc) is 2.10. The number of ether oxygens (including phenoxy) is 1. The van der Waals surface area contributed by atoms with Crippen LogP contribution in [0, 0.1) is 0 Å². The molecular formula is C10H20N2O4. The number of carbonyl (C=O) groups is 2. The Hall–Kier alpha value is -1.14. The Morgan fingerprint density at radius 2 is 1.81 bits per heavy atom. The lowest BCUT2D eigenvalue weighted by molar-refractivity contribution is -0.169. The fourth-order valence-corrected chi connectivity index (χ4v) is 1.05. The molecule has 94 valence electrons. The molecule has 5 N–H and O–H groups in total. The van der Waals surface area contributed by atoms with Crippen LogP contribution in [0.1, 0.15) is 33.6 Å². The Labute approximate surface area is 94.9 Å². The zero-order chi connectivity index (χ0) is 13.0. The lowest BCUT2D eigenvalue weighted by Gasteiger charge is -2.27. The number of carboxylic acids is 1. The number of hydrogen-bond acceptors (Lipinski definition) is 5. The maximum Gasteiger partial charge on any atom is 0.338 e. The summed E-state index contributed by atoms with van der Waals surface area (Å²) in [6.45, 7) is 5.22. The number of aliphatic carboxylic acids is 1. The maximum atomic E-state index is 11.7. The zero-order valence-corrected chi connectivity index (χ0v) is 9.95. The van der Waals surface area contributed by atoms with Gasteiger partial charge < -0.3 is 21.3 Å². The van der Waals surface area contributed by atoms with Crippen LogP contribution in [-0.4, -0.2) is 34.7 Å². The molecule has 6 heteroatoms. The SMILES string of the molecule is CC(C)(C)OC(=O)C(N)(CCCN)C(=O)O. The smallest absolute Gasteiger partial charge is 0.338 e. The molecule has 0 radical (unpaired) electrons. The molecule has 16 heavy (non-hydrogen) atoms. The van der Waals surface area contributed by atoms with E-state index in [4.69, 9.17) is 21.3 Å². The fraction of sp³-hybridized carbons (Fsp3) is 0.800. The van der Waals surface area contributed by atoms with E-state index in [-0.39, 0.29) is 13.0 Å². The zero-order valence-electron chi connectivity index (χ0n) is 9.95. The van der Waals surface area contributed by atoms with Crippen molar-refractivity contribution >= 4 is 11.9 Å². The van der Waals surface area contributed by atoms with Crippen LogP contribution in [0.5, 0.6) is 0 Å². The van der Waals surface area contributed by atoms with Gasteiger partial charge >= 0.3 is 11.9 Å². The summed E-state index contributed by atoms with van der Waals surface area (Å²) in [5, 5.41) is 8.96. The van der Waals surface area contributed by atoms with Gasteiger partial charge in [0.2, 0.25) is 5.54 Å². The molecule has 0 rings (SSSR count). The predicted molar refractivity (Wildman–Crippen MR) is 58.7 cm³/mol. The van der Waals surface area contributed by atoms with Gasteiger partial charge in [-0.2, -0.15) is 0 Å². The van der Waals surface area contributed by atoms with E-state index in [0.717, 1.165) is 0 Å². The summed E-state index contributed by atoms with van der Waals surface area (Å²) in [6.07, 6.45) is 0.315. The highest BCUT2D eigenvalue weighted by atomic mass is 16.6. The third-order valence-corrected chi connectivity index (χ3v) is 1.92. The van der Waals surface area contributed by atoms with E-state index in [1.54, 1.807) is 20.8 Å². The summed E-state index contributed by atoms with van der Waals surface area (Å²) in [7, 11) is 0. The summed E-state index contributed by atoms with van der Waals surface area (Å²) < 4.78 is 4.98. The predicted octanol–water partition coefficient (Wildman–Crippen LogP) is -0.151. The Morgan fingerprint density at radius 3 is 2.12 bits per heavy atom. The molecule has 0 aliphatic heterocycles. The maximum absolute atomic E-state index is 11.7. The average molecular weight is 232 g/mol. The van der Waals surface area contributed by atoms with Crippen LogP contribution >= 0.6 is 0 Å². The van der Waals surface area contributed by atoms with Crippen molar-refractivity contribution < 1.29 is 19.4 Å². The van der Waals surface area contributed by atoms with Gasteiger partial charge in [-0.25, -0.2) is 9.59 Å². The van der Waals surface area contributed by atoms with Crippen LogP contribution in [0.2, 0.25) is 0 Å². The van der Waals surface area contributed by atoms with Gasteiger partial charge in [0.25, 0.3) is 0 Å². The van der Waals surface area contributed by atoms with Crippen LogP contribution in [0.15, 0.2) is 0 Å².